The molecule has 1 heterocycles. The van der Waals surface area contributed by atoms with Crippen molar-refractivity contribution in [3.8, 4) is 5.75 Å². The van der Waals surface area contributed by atoms with E-state index in [2.05, 4.69) is 43.9 Å². The Balaban J connectivity index is 2.18. The van der Waals surface area contributed by atoms with Crippen molar-refractivity contribution in [2.45, 2.75) is 46.1 Å². The zero-order valence-corrected chi connectivity index (χ0v) is 20.0. The van der Waals surface area contributed by atoms with Crippen molar-refractivity contribution in [1.82, 2.24) is 9.66 Å². The average Bonchev–Trinajstić information content (AvgIpc) is 2.68. The van der Waals surface area contributed by atoms with Gasteiger partial charge in [0.1, 0.15) is 11.6 Å². The van der Waals surface area contributed by atoms with Crippen LogP contribution in [0.25, 0.3) is 10.9 Å². The molecule has 5 nitrogen and oxygen atoms in total. The fraction of sp³-hybridized carbons (Fsp3) is 0.318. The molecule has 2 aromatic carbocycles. The maximum absolute atomic E-state index is 13.2. The molecule has 0 saturated heterocycles. The van der Waals surface area contributed by atoms with E-state index < -0.39 is 0 Å². The van der Waals surface area contributed by atoms with Gasteiger partial charge < -0.3 is 4.74 Å². The van der Waals surface area contributed by atoms with Crippen LogP contribution in [0.5, 0.6) is 5.75 Å². The smallest absolute Gasteiger partial charge is 0.282 e. The number of rotatable bonds is 6. The van der Waals surface area contributed by atoms with Gasteiger partial charge in [0.05, 0.1) is 23.2 Å². The number of nitrogens with zero attached hydrogens (tertiary/aromatic N) is 3. The molecule has 152 valence electrons. The Morgan fingerprint density at radius 2 is 1.83 bits per heavy atom. The first-order chi connectivity index (χ1) is 13.8. The summed E-state index contributed by atoms with van der Waals surface area (Å²) >= 11 is 6.92. The van der Waals surface area contributed by atoms with Crippen LogP contribution in [0.3, 0.4) is 0 Å². The maximum atomic E-state index is 13.2. The summed E-state index contributed by atoms with van der Waals surface area (Å²) in [7, 11) is 0. The number of hydrogen-bond donors (Lipinski definition) is 0. The number of hydrogen-bond acceptors (Lipinski definition) is 4. The van der Waals surface area contributed by atoms with Gasteiger partial charge in [-0.15, -0.1) is 0 Å². The molecule has 0 bridgehead atoms. The lowest BCUT2D eigenvalue weighted by atomic mass is 10.1. The van der Waals surface area contributed by atoms with Crippen molar-refractivity contribution in [2.24, 2.45) is 5.10 Å². The molecule has 0 N–H and O–H groups in total. The Bertz CT molecular complexity index is 1120. The molecular weight excluding hydrogens is 498 g/mol. The van der Waals surface area contributed by atoms with Crippen molar-refractivity contribution in [2.75, 3.05) is 0 Å². The van der Waals surface area contributed by atoms with Crippen molar-refractivity contribution >= 4 is 49.0 Å². The molecular formula is C22H23Br2N3O2. The van der Waals surface area contributed by atoms with Crippen LogP contribution in [-0.4, -0.2) is 22.0 Å². The minimum atomic E-state index is -0.191. The predicted octanol–water partition coefficient (Wildman–Crippen LogP) is 6.10. The molecule has 29 heavy (non-hydrogen) atoms. The number of halogens is 2. The SMILES string of the molecule is CC[C@@H](C)c1nc2ccc(Br)cc2c(=O)n1N=Cc1cc(Br)ccc1OC(C)C. The lowest BCUT2D eigenvalue weighted by molar-refractivity contribution is 0.242. The van der Waals surface area contributed by atoms with Crippen LogP contribution in [-0.2, 0) is 0 Å². The summed E-state index contributed by atoms with van der Waals surface area (Å²) in [6.07, 6.45) is 2.53. The molecule has 7 heteroatoms. The third kappa shape index (κ3) is 4.95. The van der Waals surface area contributed by atoms with Crippen LogP contribution in [0.4, 0.5) is 0 Å². The second-order valence-corrected chi connectivity index (χ2v) is 8.98. The normalized spacial score (nSPS) is 12.8. The summed E-state index contributed by atoms with van der Waals surface area (Å²) in [6.45, 7) is 8.06. The van der Waals surface area contributed by atoms with Crippen molar-refractivity contribution in [3.05, 3.63) is 67.1 Å². The quantitative estimate of drug-likeness (QED) is 0.369. The van der Waals surface area contributed by atoms with Gasteiger partial charge in [0, 0.05) is 20.4 Å². The van der Waals surface area contributed by atoms with Crippen molar-refractivity contribution in [3.63, 3.8) is 0 Å². The molecule has 0 aliphatic heterocycles. The Morgan fingerprint density at radius 1 is 1.14 bits per heavy atom. The molecule has 0 radical (unpaired) electrons. The van der Waals surface area contributed by atoms with Gasteiger partial charge in [-0.2, -0.15) is 9.78 Å². The zero-order valence-electron chi connectivity index (χ0n) is 16.8. The van der Waals surface area contributed by atoms with Crippen LogP contribution >= 0.6 is 31.9 Å². The predicted molar refractivity (Wildman–Crippen MR) is 125 cm³/mol. The standard InChI is InChI=1S/C22H23Br2N3O2/c1-5-14(4)21-26-19-8-6-17(24)11-18(19)22(28)27(21)25-12-15-10-16(23)7-9-20(15)29-13(2)3/h6-14H,5H2,1-4H3/t14-/m1/s1. The van der Waals surface area contributed by atoms with Crippen LogP contribution in [0, 0.1) is 0 Å². The number of fused-ring (bicyclic) bond motifs is 1. The Labute approximate surface area is 187 Å². The van der Waals surface area contributed by atoms with E-state index in [-0.39, 0.29) is 17.6 Å². The van der Waals surface area contributed by atoms with Gasteiger partial charge >= 0.3 is 0 Å². The third-order valence-electron chi connectivity index (χ3n) is 4.53. The Kier molecular flexibility index (Phi) is 6.90. The highest BCUT2D eigenvalue weighted by atomic mass is 79.9. The van der Waals surface area contributed by atoms with Gasteiger partial charge in [-0.1, -0.05) is 45.7 Å². The molecule has 0 amide bonds. The molecule has 0 fully saturated rings. The second-order valence-electron chi connectivity index (χ2n) is 7.15. The van der Waals surface area contributed by atoms with Crippen LogP contribution in [0.1, 0.15) is 51.4 Å². The van der Waals surface area contributed by atoms with E-state index in [0.717, 1.165) is 20.9 Å². The van der Waals surface area contributed by atoms with Gasteiger partial charge in [0.2, 0.25) is 0 Å². The third-order valence-corrected chi connectivity index (χ3v) is 5.52. The first-order valence-electron chi connectivity index (χ1n) is 9.53. The zero-order chi connectivity index (χ0) is 21.1. The molecule has 0 spiro atoms. The number of ether oxygens (including phenoxy) is 1. The molecule has 0 saturated carbocycles. The number of benzene rings is 2. The van der Waals surface area contributed by atoms with Gasteiger partial charge in [0.15, 0.2) is 0 Å². The Morgan fingerprint density at radius 3 is 2.52 bits per heavy atom. The second kappa shape index (κ2) is 9.22. The maximum Gasteiger partial charge on any atom is 0.282 e. The van der Waals surface area contributed by atoms with Crippen LogP contribution in [0.2, 0.25) is 0 Å². The summed E-state index contributed by atoms with van der Waals surface area (Å²) in [5.74, 6) is 1.44. The molecule has 0 aliphatic carbocycles. The lowest BCUT2D eigenvalue weighted by Gasteiger charge is -2.15. The fourth-order valence-corrected chi connectivity index (χ4v) is 3.62. The first kappa shape index (κ1) is 21.7. The average molecular weight is 521 g/mol. The highest BCUT2D eigenvalue weighted by molar-refractivity contribution is 9.10. The molecule has 3 rings (SSSR count). The van der Waals surface area contributed by atoms with Crippen LogP contribution in [0.15, 0.2) is 55.2 Å². The van der Waals surface area contributed by atoms with Crippen LogP contribution < -0.4 is 10.3 Å². The van der Waals surface area contributed by atoms with E-state index in [1.807, 2.05) is 51.1 Å². The van der Waals surface area contributed by atoms with Crippen molar-refractivity contribution < 1.29 is 4.74 Å². The molecule has 3 aromatic rings. The highest BCUT2D eigenvalue weighted by Gasteiger charge is 2.16. The summed E-state index contributed by atoms with van der Waals surface area (Å²) in [6, 6.07) is 11.2. The highest BCUT2D eigenvalue weighted by Crippen LogP contribution is 2.24. The summed E-state index contributed by atoms with van der Waals surface area (Å²) < 4.78 is 9.02. The van der Waals surface area contributed by atoms with Crippen molar-refractivity contribution in [1.29, 1.82) is 0 Å². The Hall–Kier alpha value is -1.99. The topological polar surface area (TPSA) is 56.5 Å². The van der Waals surface area contributed by atoms with Gasteiger partial charge in [-0.25, -0.2) is 4.98 Å². The molecule has 0 aliphatic rings. The molecule has 1 aromatic heterocycles. The van der Waals surface area contributed by atoms with E-state index >= 15 is 0 Å². The lowest BCUT2D eigenvalue weighted by Crippen LogP contribution is -2.23. The summed E-state index contributed by atoms with van der Waals surface area (Å²) in [5.41, 5.74) is 1.26. The van der Waals surface area contributed by atoms with E-state index in [9.17, 15) is 4.79 Å². The minimum Gasteiger partial charge on any atom is -0.490 e. The number of aromatic nitrogens is 2. The minimum absolute atomic E-state index is 0.0291. The molecule has 1 atom stereocenters. The van der Waals surface area contributed by atoms with E-state index in [1.165, 1.54) is 4.68 Å². The van der Waals surface area contributed by atoms with E-state index in [0.29, 0.717) is 22.5 Å². The van der Waals surface area contributed by atoms with Gasteiger partial charge in [0.25, 0.3) is 5.56 Å². The summed E-state index contributed by atoms with van der Waals surface area (Å²) in [5, 5.41) is 5.06. The monoisotopic (exact) mass is 519 g/mol. The van der Waals surface area contributed by atoms with E-state index in [1.54, 1.807) is 12.3 Å². The fourth-order valence-electron chi connectivity index (χ4n) is 2.88. The van der Waals surface area contributed by atoms with E-state index in [4.69, 9.17) is 9.72 Å². The summed E-state index contributed by atoms with van der Waals surface area (Å²) in [4.78, 5) is 18.0. The largest absolute Gasteiger partial charge is 0.490 e. The van der Waals surface area contributed by atoms with Gasteiger partial charge in [-0.3, -0.25) is 4.79 Å². The van der Waals surface area contributed by atoms with Gasteiger partial charge in [-0.05, 0) is 56.7 Å². The molecule has 0 unspecified atom stereocenters. The first-order valence-corrected chi connectivity index (χ1v) is 11.1.